The minimum Gasteiger partial charge on any atom is -0.370 e. The third-order valence-electron chi connectivity index (χ3n) is 2.37. The number of halogens is 1. The molecule has 0 amide bonds. The number of hydrogen-bond donors (Lipinski definition) is 2. The monoisotopic (exact) mass is 209 g/mol. The molecule has 3 nitrogen and oxygen atoms in total. The predicted molar refractivity (Wildman–Crippen MR) is 58.4 cm³/mol. The maximum absolute atomic E-state index is 5.79. The van der Waals surface area contributed by atoms with Crippen LogP contribution in [0.25, 0.3) is 0 Å². The van der Waals surface area contributed by atoms with Crippen LogP contribution in [-0.2, 0) is 0 Å². The van der Waals surface area contributed by atoms with Crippen LogP contribution in [0, 0.1) is 0 Å². The number of benzene rings is 1. The van der Waals surface area contributed by atoms with E-state index in [-0.39, 0.29) is 12.0 Å². The van der Waals surface area contributed by atoms with Crippen molar-refractivity contribution >= 4 is 17.6 Å². The molecule has 1 fully saturated rings. The molecule has 0 aromatic heterocycles. The van der Waals surface area contributed by atoms with Crippen LogP contribution in [0.3, 0.4) is 0 Å². The van der Waals surface area contributed by atoms with Crippen LogP contribution in [0.5, 0.6) is 0 Å². The van der Waals surface area contributed by atoms with Gasteiger partial charge in [-0.1, -0.05) is 23.7 Å². The Hall–Kier alpha value is -1.22. The summed E-state index contributed by atoms with van der Waals surface area (Å²) in [5.74, 6) is 0.640. The molecule has 1 aliphatic carbocycles. The second kappa shape index (κ2) is 3.50. The fourth-order valence-corrected chi connectivity index (χ4v) is 1.71. The molecule has 0 saturated heterocycles. The summed E-state index contributed by atoms with van der Waals surface area (Å²) in [6, 6.07) is 8.09. The second-order valence-electron chi connectivity index (χ2n) is 3.52. The summed E-state index contributed by atoms with van der Waals surface area (Å²) in [5, 5.41) is 0.757. The average Bonchev–Trinajstić information content (AvgIpc) is 2.84. The molecule has 0 radical (unpaired) electrons. The number of guanidine groups is 1. The Morgan fingerprint density at radius 3 is 2.50 bits per heavy atom. The first-order valence-corrected chi connectivity index (χ1v) is 4.89. The van der Waals surface area contributed by atoms with Crippen molar-refractivity contribution in [1.29, 1.82) is 0 Å². The van der Waals surface area contributed by atoms with Gasteiger partial charge in [0.2, 0.25) is 0 Å². The summed E-state index contributed by atoms with van der Waals surface area (Å²) >= 11 is 5.79. The van der Waals surface area contributed by atoms with Crippen molar-refractivity contribution in [3.63, 3.8) is 0 Å². The van der Waals surface area contributed by atoms with Crippen LogP contribution in [0.15, 0.2) is 29.3 Å². The van der Waals surface area contributed by atoms with E-state index in [9.17, 15) is 0 Å². The van der Waals surface area contributed by atoms with E-state index < -0.39 is 0 Å². The summed E-state index contributed by atoms with van der Waals surface area (Å²) in [5.41, 5.74) is 11.9. The molecule has 0 heterocycles. The topological polar surface area (TPSA) is 64.4 Å². The molecule has 2 atom stereocenters. The zero-order valence-electron chi connectivity index (χ0n) is 7.65. The summed E-state index contributed by atoms with van der Waals surface area (Å²) < 4.78 is 0. The van der Waals surface area contributed by atoms with E-state index in [1.807, 2.05) is 24.3 Å². The maximum Gasteiger partial charge on any atom is 0.186 e. The molecule has 0 bridgehead atoms. The van der Waals surface area contributed by atoms with Gasteiger partial charge in [-0.05, 0) is 24.1 Å². The van der Waals surface area contributed by atoms with Crippen molar-refractivity contribution in [3.8, 4) is 0 Å². The van der Waals surface area contributed by atoms with Gasteiger partial charge in [0.05, 0.1) is 6.04 Å². The Bertz CT molecular complexity index is 354. The number of rotatable bonds is 2. The SMILES string of the molecule is NC(N)=N[C@@H]1C[C@H]1c1ccc(Cl)cc1. The number of hydrogen-bond acceptors (Lipinski definition) is 1. The number of nitrogens with zero attached hydrogens (tertiary/aromatic N) is 1. The predicted octanol–water partition coefficient (Wildman–Crippen LogP) is 1.47. The molecule has 1 aliphatic rings. The fourth-order valence-electron chi connectivity index (χ4n) is 1.58. The third-order valence-corrected chi connectivity index (χ3v) is 2.62. The van der Waals surface area contributed by atoms with Crippen LogP contribution < -0.4 is 11.5 Å². The van der Waals surface area contributed by atoms with Crippen LogP contribution in [0.1, 0.15) is 17.9 Å². The Morgan fingerprint density at radius 1 is 1.29 bits per heavy atom. The standard InChI is InChI=1S/C10H12ClN3/c11-7-3-1-6(2-4-7)8-5-9(8)14-10(12)13/h1-4,8-9H,5H2,(H4,12,13,14)/t8-,9+/m0/s1. The molecule has 1 saturated carbocycles. The molecule has 14 heavy (non-hydrogen) atoms. The molecule has 0 aliphatic heterocycles. The first-order chi connectivity index (χ1) is 6.66. The molecular formula is C10H12ClN3. The Kier molecular flexibility index (Phi) is 2.33. The van der Waals surface area contributed by atoms with Crippen LogP contribution in [-0.4, -0.2) is 12.0 Å². The van der Waals surface area contributed by atoms with Gasteiger partial charge >= 0.3 is 0 Å². The number of aliphatic imine (C=N–C) groups is 1. The highest BCUT2D eigenvalue weighted by atomic mass is 35.5. The molecule has 74 valence electrons. The summed E-state index contributed by atoms with van der Waals surface area (Å²) in [7, 11) is 0. The van der Waals surface area contributed by atoms with Gasteiger partial charge in [0, 0.05) is 10.9 Å². The minimum absolute atomic E-state index is 0.173. The van der Waals surface area contributed by atoms with E-state index in [0.717, 1.165) is 11.4 Å². The smallest absolute Gasteiger partial charge is 0.186 e. The summed E-state index contributed by atoms with van der Waals surface area (Å²) in [6.45, 7) is 0. The van der Waals surface area contributed by atoms with E-state index in [0.29, 0.717) is 5.92 Å². The Morgan fingerprint density at radius 2 is 1.93 bits per heavy atom. The van der Waals surface area contributed by atoms with E-state index >= 15 is 0 Å². The molecular weight excluding hydrogens is 198 g/mol. The van der Waals surface area contributed by atoms with Crippen molar-refractivity contribution in [2.45, 2.75) is 18.4 Å². The van der Waals surface area contributed by atoms with Crippen molar-refractivity contribution in [1.82, 2.24) is 0 Å². The average molecular weight is 210 g/mol. The zero-order chi connectivity index (χ0) is 10.1. The van der Waals surface area contributed by atoms with Gasteiger partial charge < -0.3 is 11.5 Å². The van der Waals surface area contributed by atoms with E-state index in [2.05, 4.69) is 4.99 Å². The van der Waals surface area contributed by atoms with Gasteiger partial charge in [0.25, 0.3) is 0 Å². The van der Waals surface area contributed by atoms with Gasteiger partial charge in [-0.15, -0.1) is 0 Å². The zero-order valence-corrected chi connectivity index (χ0v) is 8.41. The molecule has 2 rings (SSSR count). The lowest BCUT2D eigenvalue weighted by Gasteiger charge is -1.98. The third kappa shape index (κ3) is 1.99. The Labute approximate surface area is 87.8 Å². The lowest BCUT2D eigenvalue weighted by atomic mass is 10.1. The van der Waals surface area contributed by atoms with Crippen molar-refractivity contribution in [2.75, 3.05) is 0 Å². The van der Waals surface area contributed by atoms with Gasteiger partial charge in [-0.3, -0.25) is 0 Å². The fraction of sp³-hybridized carbons (Fsp3) is 0.300. The van der Waals surface area contributed by atoms with Crippen LogP contribution >= 0.6 is 11.6 Å². The minimum atomic E-state index is 0.173. The highest BCUT2D eigenvalue weighted by molar-refractivity contribution is 6.30. The van der Waals surface area contributed by atoms with Gasteiger partial charge in [0.1, 0.15) is 0 Å². The largest absolute Gasteiger partial charge is 0.370 e. The van der Waals surface area contributed by atoms with E-state index in [1.165, 1.54) is 5.56 Å². The highest BCUT2D eigenvalue weighted by Gasteiger charge is 2.38. The van der Waals surface area contributed by atoms with Crippen LogP contribution in [0.4, 0.5) is 0 Å². The van der Waals surface area contributed by atoms with Crippen molar-refractivity contribution in [2.24, 2.45) is 16.5 Å². The first kappa shape index (κ1) is 9.34. The van der Waals surface area contributed by atoms with Crippen LogP contribution in [0.2, 0.25) is 5.02 Å². The molecule has 1 aromatic rings. The molecule has 4 heteroatoms. The van der Waals surface area contributed by atoms with Gasteiger partial charge in [-0.25, -0.2) is 4.99 Å². The normalized spacial score (nSPS) is 24.4. The lowest BCUT2D eigenvalue weighted by Crippen LogP contribution is -2.23. The van der Waals surface area contributed by atoms with E-state index in [1.54, 1.807) is 0 Å². The summed E-state index contributed by atoms with van der Waals surface area (Å²) in [6.07, 6.45) is 1.03. The lowest BCUT2D eigenvalue weighted by molar-refractivity contribution is 0.982. The Balaban J connectivity index is 2.06. The highest BCUT2D eigenvalue weighted by Crippen LogP contribution is 2.43. The van der Waals surface area contributed by atoms with Gasteiger partial charge in [-0.2, -0.15) is 0 Å². The quantitative estimate of drug-likeness (QED) is 0.572. The molecule has 0 spiro atoms. The number of nitrogens with two attached hydrogens (primary N) is 2. The summed E-state index contributed by atoms with van der Waals surface area (Å²) in [4.78, 5) is 4.11. The molecule has 0 unspecified atom stereocenters. The van der Waals surface area contributed by atoms with Crippen molar-refractivity contribution < 1.29 is 0 Å². The first-order valence-electron chi connectivity index (χ1n) is 4.51. The van der Waals surface area contributed by atoms with Gasteiger partial charge in [0.15, 0.2) is 5.96 Å². The van der Waals surface area contributed by atoms with E-state index in [4.69, 9.17) is 23.1 Å². The maximum atomic E-state index is 5.79. The molecule has 4 N–H and O–H groups in total. The second-order valence-corrected chi connectivity index (χ2v) is 3.95. The van der Waals surface area contributed by atoms with Crippen molar-refractivity contribution in [3.05, 3.63) is 34.9 Å². The molecule has 1 aromatic carbocycles.